The van der Waals surface area contributed by atoms with E-state index in [-0.39, 0.29) is 0 Å². The van der Waals surface area contributed by atoms with E-state index in [1.807, 2.05) is 0 Å². The molecular weight excluding hydrogens is 272 g/mol. The van der Waals surface area contributed by atoms with Gasteiger partial charge in [0, 0.05) is 32.7 Å². The van der Waals surface area contributed by atoms with Crippen LogP contribution < -0.4 is 10.6 Å². The van der Waals surface area contributed by atoms with E-state index in [1.54, 1.807) is 0 Å². The lowest BCUT2D eigenvalue weighted by Crippen LogP contribution is -2.37. The van der Waals surface area contributed by atoms with E-state index < -0.39 is 0 Å². The van der Waals surface area contributed by atoms with Gasteiger partial charge in [-0.2, -0.15) is 0 Å². The van der Waals surface area contributed by atoms with Crippen molar-refractivity contribution in [2.75, 3.05) is 59.4 Å². The maximum absolute atomic E-state index is 3.59. The van der Waals surface area contributed by atoms with Gasteiger partial charge in [0.05, 0.1) is 0 Å². The zero-order valence-electron chi connectivity index (χ0n) is 14.1. The van der Waals surface area contributed by atoms with Crippen molar-refractivity contribution >= 4 is 0 Å². The lowest BCUT2D eigenvalue weighted by molar-refractivity contribution is 0.254. The second-order valence-electron chi connectivity index (χ2n) is 6.27. The van der Waals surface area contributed by atoms with Crippen molar-refractivity contribution in [1.82, 2.24) is 20.4 Å². The molecule has 0 radical (unpaired) electrons. The van der Waals surface area contributed by atoms with Crippen LogP contribution in [0.1, 0.15) is 18.4 Å². The molecule has 4 heteroatoms. The Labute approximate surface area is 135 Å². The molecule has 1 aliphatic heterocycles. The lowest BCUT2D eigenvalue weighted by atomic mass is 10.2. The van der Waals surface area contributed by atoms with E-state index >= 15 is 0 Å². The molecule has 0 aromatic heterocycles. The van der Waals surface area contributed by atoms with E-state index in [9.17, 15) is 0 Å². The van der Waals surface area contributed by atoms with E-state index in [1.165, 1.54) is 31.5 Å². The van der Waals surface area contributed by atoms with Crippen molar-refractivity contribution in [2.24, 2.45) is 0 Å². The molecule has 0 amide bonds. The number of rotatable bonds is 2. The summed E-state index contributed by atoms with van der Waals surface area (Å²) in [5, 5.41) is 7.16. The first-order chi connectivity index (χ1) is 10.8. The molecule has 1 heterocycles. The predicted molar refractivity (Wildman–Crippen MR) is 94.2 cm³/mol. The highest BCUT2D eigenvalue weighted by atomic mass is 15.1. The minimum Gasteiger partial charge on any atom is -0.315 e. The maximum Gasteiger partial charge on any atom is 0.0234 e. The molecule has 124 valence electrons. The number of benzene rings is 1. The number of hydrogen-bond acceptors (Lipinski definition) is 4. The number of nitrogens with one attached hydrogen (secondary N) is 2. The standard InChI is InChI=1S/C18H32N4/c1-21-13-5-9-20-12-16-22(14-6-10-19-11-15-21)17-18-7-3-2-4-8-18/h2-4,7-8,19-20H,5-6,9-17H2,1H3. The van der Waals surface area contributed by atoms with Crippen molar-refractivity contribution in [3.8, 4) is 0 Å². The Morgan fingerprint density at radius 3 is 2.27 bits per heavy atom. The van der Waals surface area contributed by atoms with E-state index in [2.05, 4.69) is 57.8 Å². The number of likely N-dealkylation sites (N-methyl/N-ethyl adjacent to an activating group) is 1. The van der Waals surface area contributed by atoms with Crippen LogP contribution in [-0.4, -0.2) is 69.2 Å². The van der Waals surface area contributed by atoms with Gasteiger partial charge in [-0.15, -0.1) is 0 Å². The molecule has 1 saturated heterocycles. The van der Waals surface area contributed by atoms with Crippen LogP contribution in [0.3, 0.4) is 0 Å². The molecule has 0 bridgehead atoms. The SMILES string of the molecule is CN1CCCNCCN(Cc2ccccc2)CCCNCC1. The molecule has 4 nitrogen and oxygen atoms in total. The topological polar surface area (TPSA) is 30.5 Å². The van der Waals surface area contributed by atoms with Crippen LogP contribution in [0.4, 0.5) is 0 Å². The Kier molecular flexibility index (Phi) is 8.49. The van der Waals surface area contributed by atoms with E-state index in [0.29, 0.717) is 0 Å². The fourth-order valence-corrected chi connectivity index (χ4v) is 2.88. The van der Waals surface area contributed by atoms with Crippen molar-refractivity contribution < 1.29 is 0 Å². The van der Waals surface area contributed by atoms with E-state index in [4.69, 9.17) is 0 Å². The quantitative estimate of drug-likeness (QED) is 0.864. The Morgan fingerprint density at radius 1 is 0.818 bits per heavy atom. The average molecular weight is 304 g/mol. The van der Waals surface area contributed by atoms with Gasteiger partial charge in [-0.3, -0.25) is 4.90 Å². The van der Waals surface area contributed by atoms with Gasteiger partial charge in [0.2, 0.25) is 0 Å². The van der Waals surface area contributed by atoms with Crippen molar-refractivity contribution in [1.29, 1.82) is 0 Å². The molecule has 2 N–H and O–H groups in total. The van der Waals surface area contributed by atoms with Crippen molar-refractivity contribution in [3.63, 3.8) is 0 Å². The predicted octanol–water partition coefficient (Wildman–Crippen LogP) is 1.39. The molecule has 0 atom stereocenters. The molecule has 2 rings (SSSR count). The molecule has 0 aliphatic carbocycles. The normalized spacial score (nSPS) is 21.3. The highest BCUT2D eigenvalue weighted by Crippen LogP contribution is 2.04. The molecule has 1 fully saturated rings. The molecule has 1 aromatic rings. The summed E-state index contributed by atoms with van der Waals surface area (Å²) >= 11 is 0. The van der Waals surface area contributed by atoms with Gasteiger partial charge in [0.25, 0.3) is 0 Å². The molecule has 22 heavy (non-hydrogen) atoms. The minimum atomic E-state index is 1.06. The molecule has 1 aliphatic rings. The van der Waals surface area contributed by atoms with Gasteiger partial charge in [0.15, 0.2) is 0 Å². The van der Waals surface area contributed by atoms with Crippen LogP contribution in [0.15, 0.2) is 30.3 Å². The first-order valence-electron chi connectivity index (χ1n) is 8.71. The minimum absolute atomic E-state index is 1.06. The molecule has 1 aromatic carbocycles. The molecule has 0 unspecified atom stereocenters. The summed E-state index contributed by atoms with van der Waals surface area (Å²) in [5.74, 6) is 0. The Bertz CT molecular complexity index is 366. The summed E-state index contributed by atoms with van der Waals surface area (Å²) in [4.78, 5) is 4.99. The van der Waals surface area contributed by atoms with Gasteiger partial charge >= 0.3 is 0 Å². The zero-order valence-corrected chi connectivity index (χ0v) is 14.1. The van der Waals surface area contributed by atoms with Crippen LogP contribution in [0.2, 0.25) is 0 Å². The van der Waals surface area contributed by atoms with Crippen LogP contribution >= 0.6 is 0 Å². The second-order valence-corrected chi connectivity index (χ2v) is 6.27. The third kappa shape index (κ3) is 7.36. The first kappa shape index (κ1) is 17.4. The largest absolute Gasteiger partial charge is 0.315 e. The van der Waals surface area contributed by atoms with Crippen LogP contribution in [-0.2, 0) is 6.54 Å². The highest BCUT2D eigenvalue weighted by molar-refractivity contribution is 5.14. The Hall–Kier alpha value is -0.940. The second kappa shape index (κ2) is 10.7. The summed E-state index contributed by atoms with van der Waals surface area (Å²) in [6.45, 7) is 10.1. The highest BCUT2D eigenvalue weighted by Gasteiger charge is 2.06. The monoisotopic (exact) mass is 304 g/mol. The van der Waals surface area contributed by atoms with Gasteiger partial charge in [-0.05, 0) is 51.6 Å². The summed E-state index contributed by atoms with van der Waals surface area (Å²) < 4.78 is 0. The molecule has 0 saturated carbocycles. The number of nitrogens with zero attached hydrogens (tertiary/aromatic N) is 2. The third-order valence-electron chi connectivity index (χ3n) is 4.25. The van der Waals surface area contributed by atoms with Crippen LogP contribution in [0.25, 0.3) is 0 Å². The Morgan fingerprint density at radius 2 is 1.50 bits per heavy atom. The summed E-state index contributed by atoms with van der Waals surface area (Å²) in [5.41, 5.74) is 1.42. The summed E-state index contributed by atoms with van der Waals surface area (Å²) in [7, 11) is 2.22. The molecular formula is C18H32N4. The third-order valence-corrected chi connectivity index (χ3v) is 4.25. The van der Waals surface area contributed by atoms with Crippen LogP contribution in [0, 0.1) is 0 Å². The maximum atomic E-state index is 3.59. The fraction of sp³-hybridized carbons (Fsp3) is 0.667. The Balaban J connectivity index is 1.79. The van der Waals surface area contributed by atoms with E-state index in [0.717, 1.165) is 45.8 Å². The van der Waals surface area contributed by atoms with Crippen molar-refractivity contribution in [3.05, 3.63) is 35.9 Å². The van der Waals surface area contributed by atoms with Gasteiger partial charge < -0.3 is 15.5 Å². The summed E-state index contributed by atoms with van der Waals surface area (Å²) in [6, 6.07) is 10.8. The number of hydrogen-bond donors (Lipinski definition) is 2. The van der Waals surface area contributed by atoms with Crippen molar-refractivity contribution in [2.45, 2.75) is 19.4 Å². The summed E-state index contributed by atoms with van der Waals surface area (Å²) in [6.07, 6.45) is 2.45. The smallest absolute Gasteiger partial charge is 0.0234 e. The van der Waals surface area contributed by atoms with Gasteiger partial charge in [-0.1, -0.05) is 30.3 Å². The first-order valence-corrected chi connectivity index (χ1v) is 8.71. The molecule has 0 spiro atoms. The zero-order chi connectivity index (χ0) is 15.5. The van der Waals surface area contributed by atoms with Gasteiger partial charge in [0.1, 0.15) is 0 Å². The van der Waals surface area contributed by atoms with Gasteiger partial charge in [-0.25, -0.2) is 0 Å². The lowest BCUT2D eigenvalue weighted by Gasteiger charge is -2.24. The van der Waals surface area contributed by atoms with Crippen LogP contribution in [0.5, 0.6) is 0 Å². The fourth-order valence-electron chi connectivity index (χ4n) is 2.88. The average Bonchev–Trinajstić information content (AvgIpc) is 2.54.